The molecular weight excluding hydrogens is 482 g/mol. The average Bonchev–Trinajstić information content (AvgIpc) is 2.59. The van der Waals surface area contributed by atoms with Gasteiger partial charge in [-0.1, -0.05) is 24.3 Å². The summed E-state index contributed by atoms with van der Waals surface area (Å²) in [5.74, 6) is 0.394. The number of primary sulfonamides is 1. The highest BCUT2D eigenvalue weighted by molar-refractivity contribution is 14.0. The fraction of sp³-hybridized carbons (Fsp3) is 0.278. The Bertz CT molecular complexity index is 858. The van der Waals surface area contributed by atoms with E-state index in [0.717, 1.165) is 11.1 Å². The van der Waals surface area contributed by atoms with Gasteiger partial charge in [-0.2, -0.15) is 0 Å². The smallest absolute Gasteiger partial charge is 0.238 e. The second-order valence-corrected chi connectivity index (χ2v) is 7.25. The van der Waals surface area contributed by atoms with Crippen molar-refractivity contribution in [1.82, 2.24) is 10.6 Å². The molecule has 0 spiro atoms. The maximum atomic E-state index is 13.2. The largest absolute Gasteiger partial charge is 0.357 e. The molecule has 0 saturated heterocycles. The third-order valence-electron chi connectivity index (χ3n) is 3.61. The SMILES string of the molecule is CCNC(=NCc1ccc(S(N)(=O)=O)cc1)NCCc1cccc(F)c1.I. The van der Waals surface area contributed by atoms with Gasteiger partial charge in [0.05, 0.1) is 11.4 Å². The Morgan fingerprint density at radius 3 is 2.41 bits per heavy atom. The predicted molar refractivity (Wildman–Crippen MR) is 116 cm³/mol. The normalized spacial score (nSPS) is 11.6. The molecule has 0 fully saturated rings. The van der Waals surface area contributed by atoms with Crippen molar-refractivity contribution in [2.75, 3.05) is 13.1 Å². The Morgan fingerprint density at radius 2 is 1.81 bits per heavy atom. The number of hydrogen-bond donors (Lipinski definition) is 3. The van der Waals surface area contributed by atoms with Crippen LogP contribution < -0.4 is 15.8 Å². The molecule has 0 bridgehead atoms. The van der Waals surface area contributed by atoms with E-state index in [0.29, 0.717) is 32.0 Å². The van der Waals surface area contributed by atoms with Gasteiger partial charge in [0.15, 0.2) is 5.96 Å². The summed E-state index contributed by atoms with van der Waals surface area (Å²) in [5.41, 5.74) is 1.77. The number of sulfonamides is 1. The average molecular weight is 506 g/mol. The lowest BCUT2D eigenvalue weighted by Gasteiger charge is -2.11. The molecule has 0 radical (unpaired) electrons. The Labute approximate surface area is 176 Å². The maximum absolute atomic E-state index is 13.2. The zero-order valence-corrected chi connectivity index (χ0v) is 18.1. The molecule has 9 heteroatoms. The van der Waals surface area contributed by atoms with Crippen LogP contribution in [0, 0.1) is 5.82 Å². The highest BCUT2D eigenvalue weighted by atomic mass is 127. The molecule has 2 aromatic carbocycles. The molecular formula is C18H24FIN4O2S. The standard InChI is InChI=1S/C18H23FN4O2S.HI/c1-2-21-18(22-11-10-14-4-3-5-16(19)12-14)23-13-15-6-8-17(9-7-15)26(20,24)25;/h3-9,12H,2,10-11,13H2,1H3,(H2,20,24,25)(H2,21,22,23);1H. The van der Waals surface area contributed by atoms with Crippen LogP contribution in [0.2, 0.25) is 0 Å². The molecule has 0 amide bonds. The van der Waals surface area contributed by atoms with Crippen LogP contribution in [-0.4, -0.2) is 27.5 Å². The monoisotopic (exact) mass is 506 g/mol. The van der Waals surface area contributed by atoms with Crippen LogP contribution in [0.25, 0.3) is 0 Å². The number of rotatable bonds is 7. The van der Waals surface area contributed by atoms with Crippen molar-refractivity contribution >= 4 is 40.0 Å². The van der Waals surface area contributed by atoms with Crippen LogP contribution in [0.3, 0.4) is 0 Å². The summed E-state index contributed by atoms with van der Waals surface area (Å²) >= 11 is 0. The molecule has 6 nitrogen and oxygen atoms in total. The fourth-order valence-corrected chi connectivity index (χ4v) is 2.83. The summed E-state index contributed by atoms with van der Waals surface area (Å²) in [5, 5.41) is 11.4. The third kappa shape index (κ3) is 8.22. The van der Waals surface area contributed by atoms with Crippen LogP contribution in [-0.2, 0) is 23.0 Å². The van der Waals surface area contributed by atoms with Gasteiger partial charge >= 0.3 is 0 Å². The first-order valence-electron chi connectivity index (χ1n) is 8.27. The van der Waals surface area contributed by atoms with Gasteiger partial charge in [0, 0.05) is 13.1 Å². The van der Waals surface area contributed by atoms with Crippen molar-refractivity contribution in [3.8, 4) is 0 Å². The van der Waals surface area contributed by atoms with E-state index in [1.165, 1.54) is 24.3 Å². The minimum absolute atomic E-state index is 0. The second kappa shape index (κ2) is 11.2. The molecule has 0 aliphatic heterocycles. The highest BCUT2D eigenvalue weighted by Crippen LogP contribution is 2.09. The molecule has 2 rings (SSSR count). The summed E-state index contributed by atoms with van der Waals surface area (Å²) in [6.45, 7) is 3.67. The van der Waals surface area contributed by atoms with Gasteiger partial charge in [-0.25, -0.2) is 22.9 Å². The van der Waals surface area contributed by atoms with Gasteiger partial charge in [-0.15, -0.1) is 24.0 Å². The first kappa shape index (κ1) is 23.3. The first-order chi connectivity index (χ1) is 12.4. The Morgan fingerprint density at radius 1 is 1.11 bits per heavy atom. The molecule has 0 unspecified atom stereocenters. The van der Waals surface area contributed by atoms with Crippen molar-refractivity contribution < 1.29 is 12.8 Å². The van der Waals surface area contributed by atoms with E-state index in [9.17, 15) is 12.8 Å². The predicted octanol–water partition coefficient (Wildman–Crippen LogP) is 2.39. The van der Waals surface area contributed by atoms with Gasteiger partial charge in [-0.3, -0.25) is 0 Å². The molecule has 4 N–H and O–H groups in total. The van der Waals surface area contributed by atoms with E-state index in [2.05, 4.69) is 15.6 Å². The number of nitrogens with one attached hydrogen (secondary N) is 2. The van der Waals surface area contributed by atoms with E-state index in [1.54, 1.807) is 18.2 Å². The first-order valence-corrected chi connectivity index (χ1v) is 9.81. The molecule has 0 saturated carbocycles. The lowest BCUT2D eigenvalue weighted by atomic mass is 10.1. The highest BCUT2D eigenvalue weighted by Gasteiger charge is 2.06. The summed E-state index contributed by atoms with van der Waals surface area (Å²) in [6.07, 6.45) is 0.672. The lowest BCUT2D eigenvalue weighted by molar-refractivity contribution is 0.597. The minimum atomic E-state index is -3.69. The summed E-state index contributed by atoms with van der Waals surface area (Å²) in [7, 11) is -3.69. The molecule has 0 aromatic heterocycles. The molecule has 148 valence electrons. The van der Waals surface area contributed by atoms with Crippen LogP contribution in [0.1, 0.15) is 18.1 Å². The molecule has 0 aliphatic rings. The molecule has 0 heterocycles. The minimum Gasteiger partial charge on any atom is -0.357 e. The fourth-order valence-electron chi connectivity index (χ4n) is 2.31. The van der Waals surface area contributed by atoms with Crippen LogP contribution in [0.5, 0.6) is 0 Å². The summed E-state index contributed by atoms with van der Waals surface area (Å²) < 4.78 is 35.7. The second-order valence-electron chi connectivity index (χ2n) is 5.69. The number of aliphatic imine (C=N–C) groups is 1. The summed E-state index contributed by atoms with van der Waals surface area (Å²) in [6, 6.07) is 12.8. The van der Waals surface area contributed by atoms with E-state index in [1.807, 2.05) is 13.0 Å². The molecule has 0 aliphatic carbocycles. The number of hydrogen-bond acceptors (Lipinski definition) is 3. The summed E-state index contributed by atoms with van der Waals surface area (Å²) in [4.78, 5) is 4.54. The quantitative estimate of drug-likeness (QED) is 0.305. The Balaban J connectivity index is 0.00000364. The Kier molecular flexibility index (Phi) is 9.67. The van der Waals surface area contributed by atoms with Crippen molar-refractivity contribution in [3.63, 3.8) is 0 Å². The van der Waals surface area contributed by atoms with Gasteiger partial charge in [0.1, 0.15) is 5.82 Å². The topological polar surface area (TPSA) is 96.6 Å². The molecule has 27 heavy (non-hydrogen) atoms. The number of guanidine groups is 1. The maximum Gasteiger partial charge on any atom is 0.238 e. The van der Waals surface area contributed by atoms with Crippen LogP contribution in [0.4, 0.5) is 4.39 Å². The van der Waals surface area contributed by atoms with Gasteiger partial charge in [0.2, 0.25) is 10.0 Å². The number of halogens is 2. The van der Waals surface area contributed by atoms with Gasteiger partial charge in [-0.05, 0) is 48.7 Å². The van der Waals surface area contributed by atoms with Crippen LogP contribution >= 0.6 is 24.0 Å². The van der Waals surface area contributed by atoms with Crippen molar-refractivity contribution in [2.24, 2.45) is 10.1 Å². The van der Waals surface area contributed by atoms with E-state index in [4.69, 9.17) is 5.14 Å². The number of nitrogens with two attached hydrogens (primary N) is 1. The number of nitrogens with zero attached hydrogens (tertiary/aromatic N) is 1. The molecule has 0 atom stereocenters. The molecule has 2 aromatic rings. The zero-order valence-electron chi connectivity index (χ0n) is 15.0. The zero-order chi connectivity index (χ0) is 19.0. The van der Waals surface area contributed by atoms with Crippen molar-refractivity contribution in [1.29, 1.82) is 0 Å². The lowest BCUT2D eigenvalue weighted by Crippen LogP contribution is -2.38. The van der Waals surface area contributed by atoms with E-state index >= 15 is 0 Å². The van der Waals surface area contributed by atoms with Gasteiger partial charge in [0.25, 0.3) is 0 Å². The number of benzene rings is 2. The van der Waals surface area contributed by atoms with Crippen molar-refractivity contribution in [3.05, 3.63) is 65.5 Å². The van der Waals surface area contributed by atoms with Crippen LogP contribution in [0.15, 0.2) is 58.4 Å². The van der Waals surface area contributed by atoms with E-state index < -0.39 is 10.0 Å². The van der Waals surface area contributed by atoms with Gasteiger partial charge < -0.3 is 10.6 Å². The third-order valence-corrected chi connectivity index (χ3v) is 4.54. The van der Waals surface area contributed by atoms with Crippen molar-refractivity contribution in [2.45, 2.75) is 24.8 Å². The van der Waals surface area contributed by atoms with E-state index in [-0.39, 0.29) is 34.7 Å². The Hall–Kier alpha value is -1.72.